The van der Waals surface area contributed by atoms with Gasteiger partial charge in [-0.15, -0.1) is 0 Å². The zero-order chi connectivity index (χ0) is 38.0. The van der Waals surface area contributed by atoms with Crippen LogP contribution in [0.5, 0.6) is 11.5 Å². The Balaban J connectivity index is 0.846. The van der Waals surface area contributed by atoms with Gasteiger partial charge in [0.05, 0.1) is 37.6 Å². The molecule has 0 bridgehead atoms. The number of hydrogen-bond donors (Lipinski definition) is 5. The molecule has 2 aromatic heterocycles. The molecule has 290 valence electrons. The number of benzene rings is 3. The second-order valence-corrected chi connectivity index (χ2v) is 14.9. The normalized spacial score (nSPS) is 17.9. The molecule has 0 saturated carbocycles. The van der Waals surface area contributed by atoms with Crippen LogP contribution in [0.15, 0.2) is 100 Å². The fourth-order valence-corrected chi connectivity index (χ4v) is 7.96. The van der Waals surface area contributed by atoms with E-state index in [0.717, 1.165) is 93.9 Å². The van der Waals surface area contributed by atoms with Crippen LogP contribution in [0.4, 0.5) is 5.69 Å². The zero-order valence-electron chi connectivity index (χ0n) is 31.3. The summed E-state index contributed by atoms with van der Waals surface area (Å²) in [6, 6.07) is 26.1. The summed E-state index contributed by atoms with van der Waals surface area (Å²) in [4.78, 5) is 30.8. The largest absolute Gasteiger partial charge is 0.506 e. The highest BCUT2D eigenvalue weighted by molar-refractivity contribution is 5.88. The first-order chi connectivity index (χ1) is 26.9. The number of rotatable bonds is 18. The lowest BCUT2D eigenvalue weighted by atomic mass is 9.91. The van der Waals surface area contributed by atoms with Crippen LogP contribution >= 0.6 is 0 Å². The van der Waals surface area contributed by atoms with Crippen molar-refractivity contribution in [1.29, 1.82) is 0 Å². The Morgan fingerprint density at radius 2 is 1.84 bits per heavy atom. The van der Waals surface area contributed by atoms with Gasteiger partial charge in [0.1, 0.15) is 17.3 Å². The lowest BCUT2D eigenvalue weighted by Crippen LogP contribution is -2.44. The molecule has 1 fully saturated rings. The van der Waals surface area contributed by atoms with Gasteiger partial charge in [-0.2, -0.15) is 0 Å². The number of H-pyrrole nitrogens is 1. The molecule has 11 heteroatoms. The maximum atomic E-state index is 14.1. The molecule has 1 saturated heterocycles. The molecule has 0 radical (unpaired) electrons. The van der Waals surface area contributed by atoms with Crippen molar-refractivity contribution in [3.63, 3.8) is 0 Å². The number of phenols is 1. The molecule has 7 rings (SSSR count). The number of pyridine rings is 1. The molecular weight excluding hydrogens is 697 g/mol. The predicted octanol–water partition coefficient (Wildman–Crippen LogP) is 6.80. The van der Waals surface area contributed by atoms with Crippen LogP contribution in [0.3, 0.4) is 0 Å². The number of nitrogens with zero attached hydrogens (tertiary/aromatic N) is 1. The van der Waals surface area contributed by atoms with Gasteiger partial charge in [-0.1, -0.05) is 49.2 Å². The molecular formula is C44H52N4O7. The third kappa shape index (κ3) is 9.41. The number of unbranched alkanes of at least 4 members (excludes halogenated alkanes) is 3. The van der Waals surface area contributed by atoms with E-state index in [4.69, 9.17) is 13.9 Å². The van der Waals surface area contributed by atoms with Crippen LogP contribution in [0, 0.1) is 5.92 Å². The molecule has 3 aromatic carbocycles. The Bertz CT molecular complexity index is 2070. The van der Waals surface area contributed by atoms with Crippen LogP contribution in [-0.4, -0.2) is 65.5 Å². The van der Waals surface area contributed by atoms with E-state index < -0.39 is 11.6 Å². The van der Waals surface area contributed by atoms with Gasteiger partial charge in [0.25, 0.3) is 0 Å². The molecule has 5 aromatic rings. The molecule has 2 atom stereocenters. The lowest BCUT2D eigenvalue weighted by molar-refractivity contribution is -0.151. The van der Waals surface area contributed by atoms with Gasteiger partial charge in [0.15, 0.2) is 5.54 Å². The number of aromatic amines is 1. The highest BCUT2D eigenvalue weighted by Gasteiger charge is 2.47. The number of anilines is 1. The van der Waals surface area contributed by atoms with Crippen LogP contribution in [0.2, 0.25) is 0 Å². The van der Waals surface area contributed by atoms with Gasteiger partial charge in [-0.05, 0) is 117 Å². The maximum absolute atomic E-state index is 14.1. The zero-order valence-corrected chi connectivity index (χ0v) is 31.3. The monoisotopic (exact) mass is 748 g/mol. The molecule has 55 heavy (non-hydrogen) atoms. The van der Waals surface area contributed by atoms with Gasteiger partial charge in [0.2, 0.25) is 5.56 Å². The number of aromatic nitrogens is 1. The number of esters is 1. The minimum absolute atomic E-state index is 0.0220. The van der Waals surface area contributed by atoms with Crippen molar-refractivity contribution < 1.29 is 28.9 Å². The predicted molar refractivity (Wildman–Crippen MR) is 212 cm³/mol. The second-order valence-electron chi connectivity index (χ2n) is 14.9. The van der Waals surface area contributed by atoms with Crippen molar-refractivity contribution >= 4 is 22.6 Å². The topological polar surface area (TPSA) is 149 Å². The standard InChI is InChI=1S/C44H52N4O7/c49-39-16-14-36(37-15-17-41(51)46-42(37)39)40(50)28-45-22-5-1-2-6-25-53-34-11-7-10-33(27-34)47-44(21-18-32-9-3-4-13-38(32)44)43(52)55-30-31-19-23-48(24-20-31)29-35-12-8-26-54-35/h3-4,7-17,26-27,31,40,45,47,49-50H,1-2,5-6,18-25,28-30H2,(H,46,51)/t40-,44?/m0/s1. The average molecular weight is 749 g/mol. The third-order valence-corrected chi connectivity index (χ3v) is 11.0. The Morgan fingerprint density at radius 3 is 2.69 bits per heavy atom. The van der Waals surface area contributed by atoms with E-state index in [2.05, 4.69) is 26.6 Å². The molecule has 2 aliphatic rings. The number of hydrogen-bond acceptors (Lipinski definition) is 10. The summed E-state index contributed by atoms with van der Waals surface area (Å²) in [5, 5.41) is 28.4. The number of likely N-dealkylation sites (tertiary alicyclic amines) is 1. The number of ether oxygens (including phenoxy) is 2. The number of aryl methyl sites for hydroxylation is 1. The Kier molecular flexibility index (Phi) is 12.5. The Morgan fingerprint density at radius 1 is 0.982 bits per heavy atom. The third-order valence-electron chi connectivity index (χ3n) is 11.0. The van der Waals surface area contributed by atoms with Crippen molar-refractivity contribution in [2.75, 3.05) is 44.7 Å². The highest BCUT2D eigenvalue weighted by Crippen LogP contribution is 2.41. The maximum Gasteiger partial charge on any atom is 0.336 e. The molecule has 1 aliphatic carbocycles. The number of carbonyl (C=O) groups excluding carboxylic acids is 1. The fraction of sp³-hybridized carbons (Fsp3) is 0.409. The van der Waals surface area contributed by atoms with E-state index in [1.807, 2.05) is 54.6 Å². The first-order valence-electron chi connectivity index (χ1n) is 19.6. The second kappa shape index (κ2) is 18.0. The number of phenolic OH excluding ortho intramolecular Hbond substituents is 1. The Hall–Kier alpha value is -5.10. The SMILES string of the molecule is O=C(OCC1CCN(Cc2ccco2)CC1)C1(Nc2cccc(OCCCCCCNC[C@H](O)c3ccc(O)c4[nH]c(=O)ccc34)c2)CCc2ccccc21. The first kappa shape index (κ1) is 38.2. The molecule has 0 amide bonds. The van der Waals surface area contributed by atoms with Crippen LogP contribution in [-0.2, 0) is 28.0 Å². The lowest BCUT2D eigenvalue weighted by Gasteiger charge is -2.33. The minimum atomic E-state index is -0.961. The summed E-state index contributed by atoms with van der Waals surface area (Å²) in [5.74, 6) is 1.82. The summed E-state index contributed by atoms with van der Waals surface area (Å²) in [6.45, 7) is 4.85. The quantitative estimate of drug-likeness (QED) is 0.0479. The number of nitrogens with one attached hydrogen (secondary N) is 3. The molecule has 0 spiro atoms. The van der Waals surface area contributed by atoms with Crippen LogP contribution in [0.1, 0.15) is 73.5 Å². The smallest absolute Gasteiger partial charge is 0.336 e. The van der Waals surface area contributed by atoms with Crippen LogP contribution < -0.4 is 20.9 Å². The van der Waals surface area contributed by atoms with Crippen molar-refractivity contribution in [3.05, 3.63) is 124 Å². The fourth-order valence-electron chi connectivity index (χ4n) is 7.96. The molecule has 11 nitrogen and oxygen atoms in total. The van der Waals surface area contributed by atoms with E-state index >= 15 is 0 Å². The van der Waals surface area contributed by atoms with E-state index in [9.17, 15) is 19.8 Å². The number of furan rings is 1. The van der Waals surface area contributed by atoms with Crippen molar-refractivity contribution in [2.24, 2.45) is 5.92 Å². The van der Waals surface area contributed by atoms with Gasteiger partial charge in [0, 0.05) is 29.8 Å². The summed E-state index contributed by atoms with van der Waals surface area (Å²) >= 11 is 0. The minimum Gasteiger partial charge on any atom is -0.506 e. The summed E-state index contributed by atoms with van der Waals surface area (Å²) in [7, 11) is 0. The van der Waals surface area contributed by atoms with Crippen molar-refractivity contribution in [2.45, 2.75) is 69.6 Å². The molecule has 5 N–H and O–H groups in total. The van der Waals surface area contributed by atoms with Gasteiger partial charge in [-0.3, -0.25) is 9.69 Å². The summed E-state index contributed by atoms with van der Waals surface area (Å²) in [5.41, 5.74) is 2.69. The van der Waals surface area contributed by atoms with E-state index in [1.54, 1.807) is 18.4 Å². The van der Waals surface area contributed by atoms with Crippen molar-refractivity contribution in [1.82, 2.24) is 15.2 Å². The summed E-state index contributed by atoms with van der Waals surface area (Å²) < 4.78 is 17.8. The van der Waals surface area contributed by atoms with E-state index in [1.165, 1.54) is 17.7 Å². The Labute approximate surface area is 321 Å². The molecule has 3 heterocycles. The number of aromatic hydroxyl groups is 1. The first-order valence-corrected chi connectivity index (χ1v) is 19.6. The number of fused-ring (bicyclic) bond motifs is 2. The number of aliphatic hydroxyl groups is 1. The van der Waals surface area contributed by atoms with E-state index in [-0.39, 0.29) is 17.3 Å². The number of piperidine rings is 1. The van der Waals surface area contributed by atoms with E-state index in [0.29, 0.717) is 48.6 Å². The van der Waals surface area contributed by atoms with Crippen LogP contribution in [0.25, 0.3) is 10.9 Å². The molecule has 1 aliphatic heterocycles. The van der Waals surface area contributed by atoms with Gasteiger partial charge < -0.3 is 39.7 Å². The molecule has 1 unspecified atom stereocenters. The van der Waals surface area contributed by atoms with Crippen molar-refractivity contribution in [3.8, 4) is 11.5 Å². The average Bonchev–Trinajstić information content (AvgIpc) is 3.86. The number of aliphatic hydroxyl groups excluding tert-OH is 1. The number of carbonyl (C=O) groups is 1. The van der Waals surface area contributed by atoms with Gasteiger partial charge in [-0.25, -0.2) is 4.79 Å². The highest BCUT2D eigenvalue weighted by atomic mass is 16.5. The summed E-state index contributed by atoms with van der Waals surface area (Å²) in [6.07, 6.45) is 8.22. The van der Waals surface area contributed by atoms with Gasteiger partial charge >= 0.3 is 5.97 Å².